The second-order valence-electron chi connectivity index (χ2n) is 5.46. The molecule has 1 fully saturated rings. The highest BCUT2D eigenvalue weighted by molar-refractivity contribution is 5.95. The second kappa shape index (κ2) is 6.69. The molecule has 0 spiro atoms. The first-order valence-electron chi connectivity index (χ1n) is 6.99. The number of hydrogen-bond acceptors (Lipinski definition) is 4. The first kappa shape index (κ1) is 15.5. The summed E-state index contributed by atoms with van der Waals surface area (Å²) in [5.74, 6) is -1.07. The van der Waals surface area contributed by atoms with Gasteiger partial charge in [0.05, 0.1) is 18.6 Å². The van der Waals surface area contributed by atoms with Crippen molar-refractivity contribution in [2.75, 3.05) is 11.9 Å². The number of β-amino-alcohol motifs (C(OH)–C–C–N with tert-alkyl or cyclic N) is 1. The van der Waals surface area contributed by atoms with Crippen molar-refractivity contribution >= 4 is 17.6 Å². The van der Waals surface area contributed by atoms with Crippen LogP contribution in [0.5, 0.6) is 0 Å². The van der Waals surface area contributed by atoms with E-state index in [1.165, 1.54) is 0 Å². The summed E-state index contributed by atoms with van der Waals surface area (Å²) in [7, 11) is 0. The van der Waals surface area contributed by atoms with Crippen LogP contribution in [0.2, 0.25) is 0 Å². The molecule has 114 valence electrons. The maximum absolute atomic E-state index is 12.0. The third-order valence-electron chi connectivity index (χ3n) is 3.65. The minimum Gasteiger partial charge on any atom is -0.481 e. The summed E-state index contributed by atoms with van der Waals surface area (Å²) in [5, 5.41) is 23.9. The van der Waals surface area contributed by atoms with Gasteiger partial charge in [-0.15, -0.1) is 0 Å². The van der Waals surface area contributed by atoms with Crippen molar-refractivity contribution in [3.05, 3.63) is 29.8 Å². The van der Waals surface area contributed by atoms with E-state index in [4.69, 9.17) is 5.11 Å². The number of benzene rings is 1. The Kier molecular flexibility index (Phi) is 4.93. The number of carbonyl (C=O) groups excluding carboxylic acids is 1. The molecule has 4 N–H and O–H groups in total. The minimum absolute atomic E-state index is 0.0705. The zero-order valence-electron chi connectivity index (χ0n) is 11.9. The highest BCUT2D eigenvalue weighted by Crippen LogP contribution is 2.21. The summed E-state index contributed by atoms with van der Waals surface area (Å²) < 4.78 is 0. The zero-order chi connectivity index (χ0) is 15.4. The van der Waals surface area contributed by atoms with Crippen LogP contribution in [-0.4, -0.2) is 40.8 Å². The van der Waals surface area contributed by atoms with E-state index in [0.29, 0.717) is 18.7 Å². The standard InChI is InChI=1S/C15H20N2O4/c1-9(6-14(19)20)10-2-4-11(5-3-10)17-15(21)13-7-12(18)8-16-13/h2-5,9,12-13,16,18H,6-8H2,1H3,(H,17,21)(H,19,20). The molecule has 2 rings (SSSR count). The van der Waals surface area contributed by atoms with Crippen molar-refractivity contribution in [1.29, 1.82) is 0 Å². The fraction of sp³-hybridized carbons (Fsp3) is 0.467. The summed E-state index contributed by atoms with van der Waals surface area (Å²) in [6, 6.07) is 6.79. The number of hydrogen-bond donors (Lipinski definition) is 4. The van der Waals surface area contributed by atoms with E-state index >= 15 is 0 Å². The number of carbonyl (C=O) groups is 2. The molecular weight excluding hydrogens is 272 g/mol. The Morgan fingerprint density at radius 1 is 1.38 bits per heavy atom. The molecule has 3 atom stereocenters. The lowest BCUT2D eigenvalue weighted by Crippen LogP contribution is -2.35. The largest absolute Gasteiger partial charge is 0.481 e. The van der Waals surface area contributed by atoms with Crippen LogP contribution < -0.4 is 10.6 Å². The highest BCUT2D eigenvalue weighted by Gasteiger charge is 2.27. The lowest BCUT2D eigenvalue weighted by molar-refractivity contribution is -0.137. The number of carboxylic acid groups (broad SMARTS) is 1. The van der Waals surface area contributed by atoms with Gasteiger partial charge in [-0.05, 0) is 30.0 Å². The van der Waals surface area contributed by atoms with E-state index in [9.17, 15) is 14.7 Å². The third kappa shape index (κ3) is 4.27. The number of rotatable bonds is 5. The molecule has 0 radical (unpaired) electrons. The zero-order valence-corrected chi connectivity index (χ0v) is 11.9. The molecule has 1 aromatic carbocycles. The summed E-state index contributed by atoms with van der Waals surface area (Å²) in [6.07, 6.45) is 0.0230. The molecule has 1 saturated heterocycles. The van der Waals surface area contributed by atoms with Gasteiger partial charge in [0, 0.05) is 12.2 Å². The van der Waals surface area contributed by atoms with Gasteiger partial charge in [-0.1, -0.05) is 19.1 Å². The fourth-order valence-electron chi connectivity index (χ4n) is 2.42. The van der Waals surface area contributed by atoms with Crippen LogP contribution >= 0.6 is 0 Å². The summed E-state index contributed by atoms with van der Waals surface area (Å²) in [4.78, 5) is 22.6. The quantitative estimate of drug-likeness (QED) is 0.647. The van der Waals surface area contributed by atoms with Gasteiger partial charge in [-0.2, -0.15) is 0 Å². The molecule has 1 aliphatic rings. The van der Waals surface area contributed by atoms with E-state index in [1.807, 2.05) is 19.1 Å². The Balaban J connectivity index is 1.93. The Morgan fingerprint density at radius 2 is 2.05 bits per heavy atom. The van der Waals surface area contributed by atoms with Crippen molar-refractivity contribution in [1.82, 2.24) is 5.32 Å². The highest BCUT2D eigenvalue weighted by atomic mass is 16.4. The number of aliphatic hydroxyl groups excluding tert-OH is 1. The summed E-state index contributed by atoms with van der Waals surface area (Å²) >= 11 is 0. The monoisotopic (exact) mass is 292 g/mol. The van der Waals surface area contributed by atoms with E-state index in [0.717, 1.165) is 5.56 Å². The molecule has 6 nitrogen and oxygen atoms in total. The van der Waals surface area contributed by atoms with Gasteiger partial charge in [0.1, 0.15) is 0 Å². The third-order valence-corrected chi connectivity index (χ3v) is 3.65. The number of carboxylic acids is 1. The van der Waals surface area contributed by atoms with Gasteiger partial charge in [0.25, 0.3) is 0 Å². The molecule has 1 heterocycles. The molecule has 1 aromatic rings. The van der Waals surface area contributed by atoms with Crippen LogP contribution in [-0.2, 0) is 9.59 Å². The fourth-order valence-corrected chi connectivity index (χ4v) is 2.42. The molecule has 0 bridgehead atoms. The Bertz CT molecular complexity index is 515. The van der Waals surface area contributed by atoms with E-state index in [2.05, 4.69) is 10.6 Å². The maximum atomic E-state index is 12.0. The SMILES string of the molecule is CC(CC(=O)O)c1ccc(NC(=O)C2CC(O)CN2)cc1. The molecule has 1 amide bonds. The molecule has 0 aliphatic carbocycles. The average Bonchev–Trinajstić information content (AvgIpc) is 2.85. The van der Waals surface area contributed by atoms with E-state index in [-0.39, 0.29) is 24.3 Å². The minimum atomic E-state index is -0.828. The number of anilines is 1. The number of aliphatic carboxylic acids is 1. The lowest BCUT2D eigenvalue weighted by atomic mass is 9.98. The van der Waals surface area contributed by atoms with E-state index in [1.54, 1.807) is 12.1 Å². The molecule has 0 saturated carbocycles. The number of aliphatic hydroxyl groups is 1. The van der Waals surface area contributed by atoms with Gasteiger partial charge in [-0.3, -0.25) is 9.59 Å². The first-order valence-corrected chi connectivity index (χ1v) is 6.99. The second-order valence-corrected chi connectivity index (χ2v) is 5.46. The van der Waals surface area contributed by atoms with Crippen molar-refractivity contribution in [2.24, 2.45) is 0 Å². The summed E-state index contributed by atoms with van der Waals surface area (Å²) in [6.45, 7) is 2.29. The van der Waals surface area contributed by atoms with Crippen LogP contribution in [0.15, 0.2) is 24.3 Å². The Labute approximate surface area is 123 Å². The van der Waals surface area contributed by atoms with Crippen LogP contribution in [0, 0.1) is 0 Å². The predicted molar refractivity (Wildman–Crippen MR) is 78.2 cm³/mol. The van der Waals surface area contributed by atoms with Crippen LogP contribution in [0.25, 0.3) is 0 Å². The average molecular weight is 292 g/mol. The summed E-state index contributed by atoms with van der Waals surface area (Å²) in [5.41, 5.74) is 1.58. The van der Waals surface area contributed by atoms with Crippen LogP contribution in [0.1, 0.15) is 31.2 Å². The number of nitrogens with one attached hydrogen (secondary N) is 2. The van der Waals surface area contributed by atoms with Crippen LogP contribution in [0.3, 0.4) is 0 Å². The molecular formula is C15H20N2O4. The van der Waals surface area contributed by atoms with Crippen molar-refractivity contribution in [2.45, 2.75) is 37.8 Å². The normalized spacial score (nSPS) is 22.8. The number of amides is 1. The smallest absolute Gasteiger partial charge is 0.303 e. The Hall–Kier alpha value is -1.92. The van der Waals surface area contributed by atoms with Gasteiger partial charge >= 0.3 is 5.97 Å². The molecule has 3 unspecified atom stereocenters. The first-order chi connectivity index (χ1) is 9.95. The van der Waals surface area contributed by atoms with Gasteiger partial charge in [0.2, 0.25) is 5.91 Å². The Morgan fingerprint density at radius 3 is 2.57 bits per heavy atom. The van der Waals surface area contributed by atoms with E-state index < -0.39 is 12.1 Å². The molecule has 1 aliphatic heterocycles. The maximum Gasteiger partial charge on any atom is 0.303 e. The molecule has 6 heteroatoms. The van der Waals surface area contributed by atoms with Crippen molar-refractivity contribution < 1.29 is 19.8 Å². The predicted octanol–water partition coefficient (Wildman–Crippen LogP) is 0.926. The molecule has 0 aromatic heterocycles. The molecule has 21 heavy (non-hydrogen) atoms. The van der Waals surface area contributed by atoms with Gasteiger partial charge in [0.15, 0.2) is 0 Å². The van der Waals surface area contributed by atoms with Crippen molar-refractivity contribution in [3.63, 3.8) is 0 Å². The topological polar surface area (TPSA) is 98.7 Å². The lowest BCUT2D eigenvalue weighted by Gasteiger charge is -2.13. The van der Waals surface area contributed by atoms with Crippen molar-refractivity contribution in [3.8, 4) is 0 Å². The van der Waals surface area contributed by atoms with Crippen LogP contribution in [0.4, 0.5) is 5.69 Å². The van der Waals surface area contributed by atoms with Gasteiger partial charge in [-0.25, -0.2) is 0 Å². The van der Waals surface area contributed by atoms with Gasteiger partial charge < -0.3 is 20.8 Å².